The molecule has 0 aliphatic carbocycles. The van der Waals surface area contributed by atoms with Gasteiger partial charge in [-0.15, -0.1) is 10.2 Å². The van der Waals surface area contributed by atoms with Crippen LogP contribution in [0.2, 0.25) is 0 Å². The van der Waals surface area contributed by atoms with Crippen molar-refractivity contribution in [2.24, 2.45) is 5.92 Å². The molecular formula is C13H22N4. The van der Waals surface area contributed by atoms with Crippen LogP contribution < -0.4 is 5.32 Å². The van der Waals surface area contributed by atoms with Crippen molar-refractivity contribution in [3.05, 3.63) is 11.6 Å². The zero-order valence-corrected chi connectivity index (χ0v) is 10.9. The lowest BCUT2D eigenvalue weighted by Gasteiger charge is -2.34. The third-order valence-electron chi connectivity index (χ3n) is 4.45. The molecule has 0 spiro atoms. The maximum atomic E-state index is 4.51. The molecule has 1 fully saturated rings. The summed E-state index contributed by atoms with van der Waals surface area (Å²) in [5.41, 5.74) is 0.233. The molecule has 2 aliphatic heterocycles. The molecule has 3 heterocycles. The van der Waals surface area contributed by atoms with E-state index in [1.807, 2.05) is 0 Å². The topological polar surface area (TPSA) is 42.7 Å². The lowest BCUT2D eigenvalue weighted by atomic mass is 9.80. The van der Waals surface area contributed by atoms with E-state index in [0.29, 0.717) is 0 Å². The van der Waals surface area contributed by atoms with Crippen LogP contribution >= 0.6 is 0 Å². The molecule has 4 heteroatoms. The number of hydrogen-bond acceptors (Lipinski definition) is 3. The standard InChI is InChI=1S/C13H22N4/c1-10-3-8-17-11(9-10)15-16-12(17)13(2)4-6-14-7-5-13/h10,14H,3-9H2,1-2H3. The van der Waals surface area contributed by atoms with E-state index >= 15 is 0 Å². The van der Waals surface area contributed by atoms with Gasteiger partial charge in [0.25, 0.3) is 0 Å². The fourth-order valence-electron chi connectivity index (χ4n) is 3.13. The predicted octanol–water partition coefficient (Wildman–Crippen LogP) is 1.50. The molecule has 0 aromatic carbocycles. The second-order valence-corrected chi connectivity index (χ2v) is 6.00. The molecule has 1 aromatic heterocycles. The average Bonchev–Trinajstić information content (AvgIpc) is 2.73. The molecular weight excluding hydrogens is 212 g/mol. The summed E-state index contributed by atoms with van der Waals surface area (Å²) in [5.74, 6) is 3.21. The van der Waals surface area contributed by atoms with Gasteiger partial charge in [-0.2, -0.15) is 0 Å². The monoisotopic (exact) mass is 234 g/mol. The lowest BCUT2D eigenvalue weighted by Crippen LogP contribution is -2.40. The first-order chi connectivity index (χ1) is 8.19. The van der Waals surface area contributed by atoms with Gasteiger partial charge in [0, 0.05) is 18.4 Å². The molecule has 0 radical (unpaired) electrons. The Kier molecular flexibility index (Phi) is 2.69. The van der Waals surface area contributed by atoms with Crippen molar-refractivity contribution < 1.29 is 0 Å². The number of fused-ring (bicyclic) bond motifs is 1. The number of piperidine rings is 1. The summed E-state index contributed by atoms with van der Waals surface area (Å²) in [4.78, 5) is 0. The Morgan fingerprint density at radius 1 is 1.29 bits per heavy atom. The zero-order chi connectivity index (χ0) is 11.9. The number of nitrogens with zero attached hydrogens (tertiary/aromatic N) is 3. The van der Waals surface area contributed by atoms with E-state index in [2.05, 4.69) is 33.9 Å². The highest BCUT2D eigenvalue weighted by Gasteiger charge is 2.35. The number of rotatable bonds is 1. The second kappa shape index (κ2) is 4.09. The summed E-state index contributed by atoms with van der Waals surface area (Å²) in [5, 5.41) is 12.4. The zero-order valence-electron chi connectivity index (χ0n) is 10.9. The van der Waals surface area contributed by atoms with Crippen LogP contribution in [0.3, 0.4) is 0 Å². The molecule has 1 unspecified atom stereocenters. The molecule has 0 saturated carbocycles. The molecule has 3 rings (SSSR count). The van der Waals surface area contributed by atoms with E-state index < -0.39 is 0 Å². The Morgan fingerprint density at radius 3 is 2.82 bits per heavy atom. The van der Waals surface area contributed by atoms with Gasteiger partial charge in [0.15, 0.2) is 0 Å². The second-order valence-electron chi connectivity index (χ2n) is 6.00. The van der Waals surface area contributed by atoms with Crippen LogP contribution in [-0.2, 0) is 18.4 Å². The normalized spacial score (nSPS) is 27.8. The number of aromatic nitrogens is 3. The van der Waals surface area contributed by atoms with Gasteiger partial charge in [0.1, 0.15) is 11.6 Å². The molecule has 0 amide bonds. The molecule has 0 bridgehead atoms. The molecule has 1 saturated heterocycles. The van der Waals surface area contributed by atoms with Crippen molar-refractivity contribution in [2.45, 2.75) is 51.5 Å². The Morgan fingerprint density at radius 2 is 2.06 bits per heavy atom. The van der Waals surface area contributed by atoms with Crippen LogP contribution in [0.1, 0.15) is 44.8 Å². The van der Waals surface area contributed by atoms with Gasteiger partial charge in [-0.25, -0.2) is 0 Å². The van der Waals surface area contributed by atoms with Crippen molar-refractivity contribution in [1.29, 1.82) is 0 Å². The van der Waals surface area contributed by atoms with Crippen LogP contribution in [0.5, 0.6) is 0 Å². The largest absolute Gasteiger partial charge is 0.317 e. The van der Waals surface area contributed by atoms with Crippen LogP contribution in [0.25, 0.3) is 0 Å². The predicted molar refractivity (Wildman–Crippen MR) is 67.0 cm³/mol. The van der Waals surface area contributed by atoms with Crippen molar-refractivity contribution in [1.82, 2.24) is 20.1 Å². The summed E-state index contributed by atoms with van der Waals surface area (Å²) < 4.78 is 2.39. The Labute approximate surface area is 103 Å². The first-order valence-corrected chi connectivity index (χ1v) is 6.82. The SMILES string of the molecule is CC1CCn2c(nnc2C2(C)CCNCC2)C1. The van der Waals surface area contributed by atoms with Gasteiger partial charge in [0.2, 0.25) is 0 Å². The molecule has 1 aromatic rings. The quantitative estimate of drug-likeness (QED) is 0.801. The van der Waals surface area contributed by atoms with Gasteiger partial charge < -0.3 is 9.88 Å². The van der Waals surface area contributed by atoms with Crippen LogP contribution in [-0.4, -0.2) is 27.9 Å². The fourth-order valence-corrected chi connectivity index (χ4v) is 3.13. The third-order valence-corrected chi connectivity index (χ3v) is 4.45. The Bertz CT molecular complexity index is 404. The average molecular weight is 234 g/mol. The van der Waals surface area contributed by atoms with E-state index in [-0.39, 0.29) is 5.41 Å². The summed E-state index contributed by atoms with van der Waals surface area (Å²) >= 11 is 0. The molecule has 2 aliphatic rings. The van der Waals surface area contributed by atoms with E-state index in [4.69, 9.17) is 0 Å². The van der Waals surface area contributed by atoms with Crippen LogP contribution in [0.4, 0.5) is 0 Å². The minimum Gasteiger partial charge on any atom is -0.317 e. The van der Waals surface area contributed by atoms with Crippen molar-refractivity contribution >= 4 is 0 Å². The van der Waals surface area contributed by atoms with E-state index in [9.17, 15) is 0 Å². The lowest BCUT2D eigenvalue weighted by molar-refractivity contribution is 0.296. The highest BCUT2D eigenvalue weighted by atomic mass is 15.3. The third kappa shape index (κ3) is 1.88. The minimum absolute atomic E-state index is 0.233. The minimum atomic E-state index is 0.233. The smallest absolute Gasteiger partial charge is 0.139 e. The summed E-state index contributed by atoms with van der Waals surface area (Å²) in [6.07, 6.45) is 4.73. The molecule has 1 N–H and O–H groups in total. The molecule has 94 valence electrons. The van der Waals surface area contributed by atoms with E-state index in [0.717, 1.165) is 32.0 Å². The Balaban J connectivity index is 1.93. The van der Waals surface area contributed by atoms with Gasteiger partial charge in [-0.1, -0.05) is 13.8 Å². The van der Waals surface area contributed by atoms with E-state index in [1.54, 1.807) is 0 Å². The number of nitrogens with one attached hydrogen (secondary N) is 1. The first kappa shape index (κ1) is 11.2. The molecule has 4 nitrogen and oxygen atoms in total. The van der Waals surface area contributed by atoms with E-state index in [1.165, 1.54) is 30.9 Å². The maximum absolute atomic E-state index is 4.51. The highest BCUT2D eigenvalue weighted by Crippen LogP contribution is 2.33. The van der Waals surface area contributed by atoms with Crippen molar-refractivity contribution in [3.8, 4) is 0 Å². The first-order valence-electron chi connectivity index (χ1n) is 6.82. The van der Waals surface area contributed by atoms with Gasteiger partial charge >= 0.3 is 0 Å². The Hall–Kier alpha value is -0.900. The van der Waals surface area contributed by atoms with Gasteiger partial charge in [0.05, 0.1) is 0 Å². The number of hydrogen-bond donors (Lipinski definition) is 1. The molecule has 1 atom stereocenters. The summed E-state index contributed by atoms with van der Waals surface area (Å²) in [6, 6.07) is 0. The summed E-state index contributed by atoms with van der Waals surface area (Å²) in [6.45, 7) is 7.99. The van der Waals surface area contributed by atoms with Crippen molar-refractivity contribution in [2.75, 3.05) is 13.1 Å². The van der Waals surface area contributed by atoms with Gasteiger partial charge in [-0.05, 0) is 38.3 Å². The van der Waals surface area contributed by atoms with Crippen LogP contribution in [0, 0.1) is 5.92 Å². The van der Waals surface area contributed by atoms with Crippen LogP contribution in [0.15, 0.2) is 0 Å². The highest BCUT2D eigenvalue weighted by molar-refractivity contribution is 5.12. The van der Waals surface area contributed by atoms with Crippen molar-refractivity contribution in [3.63, 3.8) is 0 Å². The fraction of sp³-hybridized carbons (Fsp3) is 0.846. The van der Waals surface area contributed by atoms with Gasteiger partial charge in [-0.3, -0.25) is 0 Å². The maximum Gasteiger partial charge on any atom is 0.139 e. The summed E-state index contributed by atoms with van der Waals surface area (Å²) in [7, 11) is 0. The molecule has 17 heavy (non-hydrogen) atoms.